The van der Waals surface area contributed by atoms with Crippen molar-refractivity contribution < 1.29 is 31.8 Å². The third-order valence-corrected chi connectivity index (χ3v) is 5.85. The number of carbonyl (C=O) groups is 1. The summed E-state index contributed by atoms with van der Waals surface area (Å²) >= 11 is 3.30. The number of amides is 1. The third-order valence-electron chi connectivity index (χ3n) is 5.26. The highest BCUT2D eigenvalue weighted by Gasteiger charge is 2.37. The minimum absolute atomic E-state index is 0.0841. The average Bonchev–Trinajstić information content (AvgIpc) is 2.83. The zero-order valence-corrected chi connectivity index (χ0v) is 19.9. The second-order valence-corrected chi connectivity index (χ2v) is 8.20. The van der Waals surface area contributed by atoms with Crippen molar-refractivity contribution in [2.24, 2.45) is 5.73 Å². The quantitative estimate of drug-likeness (QED) is 0.337. The Morgan fingerprint density at radius 2 is 1.77 bits per heavy atom. The zero-order chi connectivity index (χ0) is 25.3. The average molecular weight is 555 g/mol. The molecule has 0 saturated heterocycles. The molecule has 7 nitrogen and oxygen atoms in total. The predicted molar refractivity (Wildman–Crippen MR) is 125 cm³/mol. The van der Waals surface area contributed by atoms with Crippen LogP contribution in [0.15, 0.2) is 53.1 Å². The van der Waals surface area contributed by atoms with Gasteiger partial charge in [-0.3, -0.25) is 9.69 Å². The van der Waals surface area contributed by atoms with Crippen molar-refractivity contribution in [2.75, 3.05) is 36.7 Å². The first-order chi connectivity index (χ1) is 16.6. The Hall–Kier alpha value is -3.38. The Morgan fingerprint density at radius 3 is 2.43 bits per heavy atom. The van der Waals surface area contributed by atoms with E-state index in [0.29, 0.717) is 11.4 Å². The summed E-state index contributed by atoms with van der Waals surface area (Å²) < 4.78 is 65.4. The molecule has 35 heavy (non-hydrogen) atoms. The van der Waals surface area contributed by atoms with Gasteiger partial charge in [-0.25, -0.2) is 9.37 Å². The van der Waals surface area contributed by atoms with Gasteiger partial charge in [0, 0.05) is 18.7 Å². The van der Waals surface area contributed by atoms with Crippen molar-refractivity contribution in [3.63, 3.8) is 0 Å². The number of hydrogen-bond acceptors (Lipinski definition) is 6. The minimum Gasteiger partial charge on any atom is -0.490 e. The number of carbonyl (C=O) groups excluding carboxylic acids is 1. The Kier molecular flexibility index (Phi) is 6.86. The van der Waals surface area contributed by atoms with E-state index in [2.05, 4.69) is 20.9 Å². The highest BCUT2D eigenvalue weighted by atomic mass is 79.9. The lowest BCUT2D eigenvalue weighted by atomic mass is 10.0. The van der Waals surface area contributed by atoms with Gasteiger partial charge in [0.15, 0.2) is 0 Å². The van der Waals surface area contributed by atoms with Gasteiger partial charge in [-0.2, -0.15) is 13.2 Å². The number of rotatable bonds is 6. The maximum atomic E-state index is 14.0. The van der Waals surface area contributed by atoms with E-state index < -0.39 is 23.5 Å². The van der Waals surface area contributed by atoms with Crippen molar-refractivity contribution >= 4 is 38.9 Å². The van der Waals surface area contributed by atoms with Crippen LogP contribution >= 0.6 is 15.9 Å². The lowest BCUT2D eigenvalue weighted by Gasteiger charge is -2.39. The molecule has 0 unspecified atom stereocenters. The molecule has 1 amide bonds. The van der Waals surface area contributed by atoms with Crippen molar-refractivity contribution in [2.45, 2.75) is 6.18 Å². The lowest BCUT2D eigenvalue weighted by molar-refractivity contribution is -0.137. The van der Waals surface area contributed by atoms with E-state index in [1.165, 1.54) is 36.3 Å². The van der Waals surface area contributed by atoms with Gasteiger partial charge >= 0.3 is 6.18 Å². The smallest absolute Gasteiger partial charge is 0.416 e. The van der Waals surface area contributed by atoms with Gasteiger partial charge in [-0.05, 0) is 52.3 Å². The molecule has 12 heteroatoms. The monoisotopic (exact) mass is 554 g/mol. The van der Waals surface area contributed by atoms with Crippen LogP contribution in [-0.4, -0.2) is 37.8 Å². The fourth-order valence-corrected chi connectivity index (χ4v) is 4.18. The van der Waals surface area contributed by atoms with E-state index in [9.17, 15) is 22.4 Å². The van der Waals surface area contributed by atoms with Gasteiger partial charge in [-0.15, -0.1) is 0 Å². The summed E-state index contributed by atoms with van der Waals surface area (Å²) in [5.41, 5.74) is 5.21. The van der Waals surface area contributed by atoms with E-state index >= 15 is 0 Å². The van der Waals surface area contributed by atoms with Crippen LogP contribution in [0.2, 0.25) is 0 Å². The van der Waals surface area contributed by atoms with Crippen LogP contribution in [0.25, 0.3) is 0 Å². The molecule has 0 spiro atoms. The molecule has 184 valence electrons. The molecule has 0 radical (unpaired) electrons. The molecule has 0 atom stereocenters. The summed E-state index contributed by atoms with van der Waals surface area (Å²) in [5, 5.41) is 0. The molecule has 1 aliphatic heterocycles. The Morgan fingerprint density at radius 1 is 1.06 bits per heavy atom. The summed E-state index contributed by atoms with van der Waals surface area (Å²) in [7, 11) is 1.43. The molecule has 0 saturated carbocycles. The number of anilines is 3. The number of fused-ring (bicyclic) bond motifs is 1. The maximum absolute atomic E-state index is 14.0. The number of nitrogens with two attached hydrogens (primary N) is 1. The largest absolute Gasteiger partial charge is 0.490 e. The second-order valence-electron chi connectivity index (χ2n) is 7.45. The summed E-state index contributed by atoms with van der Waals surface area (Å²) in [6.07, 6.45) is -4.66. The number of ether oxygens (including phenoxy) is 2. The molecule has 0 fully saturated rings. The molecular formula is C23H19BrF4N4O3. The Bertz CT molecular complexity index is 1270. The van der Waals surface area contributed by atoms with Crippen molar-refractivity contribution in [1.29, 1.82) is 0 Å². The normalized spacial score (nSPS) is 13.6. The van der Waals surface area contributed by atoms with E-state index in [1.807, 2.05) is 0 Å². The van der Waals surface area contributed by atoms with E-state index in [0.717, 1.165) is 18.2 Å². The molecule has 0 aliphatic carbocycles. The fourth-order valence-electron chi connectivity index (χ4n) is 3.66. The number of benzene rings is 2. The zero-order valence-electron chi connectivity index (χ0n) is 18.3. The van der Waals surface area contributed by atoms with Gasteiger partial charge in [0.1, 0.15) is 29.4 Å². The summed E-state index contributed by atoms with van der Waals surface area (Å²) in [6, 6.07) is 9.76. The predicted octanol–water partition coefficient (Wildman–Crippen LogP) is 5.10. The number of halogens is 5. The number of pyridine rings is 1. The van der Waals surface area contributed by atoms with Crippen LogP contribution < -0.4 is 25.0 Å². The van der Waals surface area contributed by atoms with Gasteiger partial charge < -0.3 is 20.1 Å². The van der Waals surface area contributed by atoms with Gasteiger partial charge in [0.2, 0.25) is 5.88 Å². The van der Waals surface area contributed by atoms with Crippen molar-refractivity contribution in [3.8, 4) is 11.6 Å². The van der Waals surface area contributed by atoms with Gasteiger partial charge in [-0.1, -0.05) is 0 Å². The molecule has 0 bridgehead atoms. The molecular weight excluding hydrogens is 536 g/mol. The molecule has 1 aliphatic rings. The highest BCUT2D eigenvalue weighted by molar-refractivity contribution is 9.10. The molecule has 2 N–H and O–H groups in total. The number of hydrogen-bond donors (Lipinski definition) is 1. The summed E-state index contributed by atoms with van der Waals surface area (Å²) in [5.74, 6) is -0.831. The highest BCUT2D eigenvalue weighted by Crippen LogP contribution is 2.43. The third kappa shape index (κ3) is 4.89. The molecule has 3 aromatic rings. The van der Waals surface area contributed by atoms with Crippen LogP contribution in [0.4, 0.5) is 34.6 Å². The lowest BCUT2D eigenvalue weighted by Crippen LogP contribution is -2.45. The molecule has 1 aromatic heterocycles. The van der Waals surface area contributed by atoms with Crippen LogP contribution in [-0.2, 0) is 6.18 Å². The summed E-state index contributed by atoms with van der Waals surface area (Å²) in [4.78, 5) is 20.5. The SMILES string of the molecule is COc1ccc(N2CN(c3ccc(F)cc3OCCN)c3ccc(C(F)(F)F)cc3C2=O)c(Br)n1. The Labute approximate surface area is 206 Å². The summed E-state index contributed by atoms with van der Waals surface area (Å²) in [6.45, 7) is 0.131. The van der Waals surface area contributed by atoms with Crippen LogP contribution in [0, 0.1) is 5.82 Å². The van der Waals surface area contributed by atoms with E-state index in [-0.39, 0.29) is 47.3 Å². The number of alkyl halides is 3. The van der Waals surface area contributed by atoms with Gasteiger partial charge in [0.25, 0.3) is 5.91 Å². The topological polar surface area (TPSA) is 80.9 Å². The Balaban J connectivity index is 1.89. The van der Waals surface area contributed by atoms with Crippen molar-refractivity contribution in [3.05, 3.63) is 70.1 Å². The standard InChI is InChI=1S/C23H19BrF4N4O3/c1-34-20-7-6-18(21(24)30-20)32-12-31(17-5-3-14(25)11-19(17)35-9-8-29)16-4-2-13(23(26,27)28)10-15(16)22(32)33/h2-7,10-11H,8-9,12,29H2,1H3. The number of aromatic nitrogens is 1. The first-order valence-electron chi connectivity index (χ1n) is 10.3. The van der Waals surface area contributed by atoms with Crippen LogP contribution in [0.1, 0.15) is 15.9 Å². The van der Waals surface area contributed by atoms with Gasteiger partial charge in [0.05, 0.1) is 35.3 Å². The van der Waals surface area contributed by atoms with Crippen LogP contribution in [0.3, 0.4) is 0 Å². The minimum atomic E-state index is -4.66. The number of methoxy groups -OCH3 is 1. The first-order valence-corrected chi connectivity index (χ1v) is 11.1. The second kappa shape index (κ2) is 9.70. The fraction of sp³-hybridized carbons (Fsp3) is 0.217. The molecule has 2 aromatic carbocycles. The van der Waals surface area contributed by atoms with Crippen molar-refractivity contribution in [1.82, 2.24) is 4.98 Å². The number of nitrogens with zero attached hydrogens (tertiary/aromatic N) is 3. The molecule has 2 heterocycles. The first kappa shape index (κ1) is 24.7. The van der Waals surface area contributed by atoms with E-state index in [4.69, 9.17) is 15.2 Å². The maximum Gasteiger partial charge on any atom is 0.416 e. The van der Waals surface area contributed by atoms with Crippen LogP contribution in [0.5, 0.6) is 11.6 Å². The molecule has 4 rings (SSSR count). The van der Waals surface area contributed by atoms with E-state index in [1.54, 1.807) is 11.0 Å².